The predicted molar refractivity (Wildman–Crippen MR) is 77.6 cm³/mol. The molecule has 20 heavy (non-hydrogen) atoms. The fourth-order valence-electron chi connectivity index (χ4n) is 1.97. The molecule has 0 bridgehead atoms. The second-order valence-corrected chi connectivity index (χ2v) is 4.33. The maximum atomic E-state index is 12.1. The van der Waals surface area contributed by atoms with Crippen LogP contribution in [0, 0.1) is 0 Å². The Morgan fingerprint density at radius 1 is 1.50 bits per heavy atom. The summed E-state index contributed by atoms with van der Waals surface area (Å²) in [7, 11) is 1.55. The average molecular weight is 274 g/mol. The lowest BCUT2D eigenvalue weighted by Crippen LogP contribution is -2.20. The molecule has 3 N–H and O–H groups in total. The lowest BCUT2D eigenvalue weighted by molar-refractivity contribution is -0.116. The number of nitrogens with one attached hydrogen (secondary N) is 1. The molecule has 0 spiro atoms. The molecule has 6 nitrogen and oxygen atoms in total. The van der Waals surface area contributed by atoms with Gasteiger partial charge in [-0.1, -0.05) is 6.92 Å². The number of imidazole rings is 1. The number of hydrogen-bond acceptors (Lipinski definition) is 4. The zero-order valence-electron chi connectivity index (χ0n) is 11.6. The van der Waals surface area contributed by atoms with Crippen molar-refractivity contribution in [2.45, 2.75) is 19.9 Å². The van der Waals surface area contributed by atoms with E-state index in [0.717, 1.165) is 12.2 Å². The van der Waals surface area contributed by atoms with Crippen LogP contribution in [0.3, 0.4) is 0 Å². The molecule has 1 amide bonds. The van der Waals surface area contributed by atoms with Crippen molar-refractivity contribution >= 4 is 17.3 Å². The number of carbonyl (C=O) groups excluding carboxylic acids is 1. The second kappa shape index (κ2) is 6.10. The SMILES string of the molecule is CCc1nccn1CC(=O)Nc1cc(N)ccc1OC. The van der Waals surface area contributed by atoms with Gasteiger partial charge in [-0.25, -0.2) is 4.98 Å². The number of ether oxygens (including phenoxy) is 1. The zero-order chi connectivity index (χ0) is 14.5. The minimum atomic E-state index is -0.151. The van der Waals surface area contributed by atoms with Crippen LogP contribution in [-0.4, -0.2) is 22.6 Å². The number of rotatable bonds is 5. The molecule has 1 aromatic carbocycles. The number of methoxy groups -OCH3 is 1. The van der Waals surface area contributed by atoms with E-state index in [0.29, 0.717) is 17.1 Å². The number of aromatic nitrogens is 2. The van der Waals surface area contributed by atoms with Gasteiger partial charge in [0.05, 0.1) is 12.8 Å². The Balaban J connectivity index is 2.10. The highest BCUT2D eigenvalue weighted by atomic mass is 16.5. The number of nitrogens with zero attached hydrogens (tertiary/aromatic N) is 2. The quantitative estimate of drug-likeness (QED) is 0.813. The smallest absolute Gasteiger partial charge is 0.244 e. The number of aryl methyl sites for hydroxylation is 1. The largest absolute Gasteiger partial charge is 0.495 e. The van der Waals surface area contributed by atoms with E-state index in [2.05, 4.69) is 10.3 Å². The van der Waals surface area contributed by atoms with Gasteiger partial charge in [0.1, 0.15) is 18.1 Å². The number of carbonyl (C=O) groups is 1. The molecule has 2 aromatic rings. The van der Waals surface area contributed by atoms with E-state index in [1.165, 1.54) is 0 Å². The standard InChI is InChI=1S/C14H18N4O2/c1-3-13-16-6-7-18(13)9-14(19)17-11-8-10(15)4-5-12(11)20-2/h4-8H,3,9,15H2,1-2H3,(H,17,19). The van der Waals surface area contributed by atoms with Crippen LogP contribution in [0.2, 0.25) is 0 Å². The highest BCUT2D eigenvalue weighted by Gasteiger charge is 2.10. The molecule has 0 radical (unpaired) electrons. The number of nitrogens with two attached hydrogens (primary N) is 1. The number of nitrogen functional groups attached to an aromatic ring is 1. The third kappa shape index (κ3) is 3.09. The maximum absolute atomic E-state index is 12.1. The lowest BCUT2D eigenvalue weighted by atomic mass is 10.2. The topological polar surface area (TPSA) is 82.2 Å². The summed E-state index contributed by atoms with van der Waals surface area (Å²) >= 11 is 0. The molecule has 6 heteroatoms. The maximum Gasteiger partial charge on any atom is 0.244 e. The summed E-state index contributed by atoms with van der Waals surface area (Å²) < 4.78 is 7.01. The first-order valence-electron chi connectivity index (χ1n) is 6.37. The lowest BCUT2D eigenvalue weighted by Gasteiger charge is -2.12. The molecule has 0 aliphatic rings. The number of hydrogen-bond donors (Lipinski definition) is 2. The molecule has 0 fully saturated rings. The van der Waals surface area contributed by atoms with Gasteiger partial charge >= 0.3 is 0 Å². The summed E-state index contributed by atoms with van der Waals surface area (Å²) in [5.74, 6) is 1.30. The van der Waals surface area contributed by atoms with Gasteiger partial charge in [-0.15, -0.1) is 0 Å². The molecule has 0 aliphatic carbocycles. The van der Waals surface area contributed by atoms with Gasteiger partial charge in [-0.3, -0.25) is 4.79 Å². The van der Waals surface area contributed by atoms with Gasteiger partial charge in [-0.05, 0) is 18.2 Å². The van der Waals surface area contributed by atoms with E-state index in [1.807, 2.05) is 11.5 Å². The molecule has 0 atom stereocenters. The van der Waals surface area contributed by atoms with E-state index in [1.54, 1.807) is 37.7 Å². The average Bonchev–Trinajstić information content (AvgIpc) is 2.86. The summed E-state index contributed by atoms with van der Waals surface area (Å²) in [6, 6.07) is 5.12. The molecule has 106 valence electrons. The van der Waals surface area contributed by atoms with E-state index in [9.17, 15) is 4.79 Å². The van der Waals surface area contributed by atoms with Crippen molar-refractivity contribution < 1.29 is 9.53 Å². The Morgan fingerprint density at radius 3 is 3.00 bits per heavy atom. The van der Waals surface area contributed by atoms with Gasteiger partial charge < -0.3 is 20.4 Å². The normalized spacial score (nSPS) is 10.3. The minimum absolute atomic E-state index is 0.151. The van der Waals surface area contributed by atoms with Crippen molar-refractivity contribution in [2.24, 2.45) is 0 Å². The first kappa shape index (κ1) is 13.9. The highest BCUT2D eigenvalue weighted by Crippen LogP contribution is 2.26. The van der Waals surface area contributed by atoms with E-state index >= 15 is 0 Å². The molecule has 2 rings (SSSR count). The molecular weight excluding hydrogens is 256 g/mol. The van der Waals surface area contributed by atoms with Crippen LogP contribution in [0.1, 0.15) is 12.7 Å². The first-order chi connectivity index (χ1) is 9.63. The van der Waals surface area contributed by atoms with Crippen LogP contribution in [0.4, 0.5) is 11.4 Å². The van der Waals surface area contributed by atoms with Crippen LogP contribution in [0.5, 0.6) is 5.75 Å². The van der Waals surface area contributed by atoms with Crippen molar-refractivity contribution in [3.63, 3.8) is 0 Å². The number of benzene rings is 1. The van der Waals surface area contributed by atoms with Gasteiger partial charge in [-0.2, -0.15) is 0 Å². The Hall–Kier alpha value is -2.50. The Labute approximate surface area is 117 Å². The summed E-state index contributed by atoms with van der Waals surface area (Å²) in [5.41, 5.74) is 6.85. The molecule has 0 unspecified atom stereocenters. The van der Waals surface area contributed by atoms with Crippen molar-refractivity contribution in [1.29, 1.82) is 0 Å². The fraction of sp³-hybridized carbons (Fsp3) is 0.286. The van der Waals surface area contributed by atoms with E-state index < -0.39 is 0 Å². The fourth-order valence-corrected chi connectivity index (χ4v) is 1.97. The number of amides is 1. The van der Waals surface area contributed by atoms with E-state index in [-0.39, 0.29) is 12.5 Å². The second-order valence-electron chi connectivity index (χ2n) is 4.33. The third-order valence-corrected chi connectivity index (χ3v) is 2.93. The van der Waals surface area contributed by atoms with Gasteiger partial charge in [0.2, 0.25) is 5.91 Å². The van der Waals surface area contributed by atoms with Crippen LogP contribution < -0.4 is 15.8 Å². The van der Waals surface area contributed by atoms with Crippen molar-refractivity contribution in [3.05, 3.63) is 36.4 Å². The van der Waals surface area contributed by atoms with Crippen molar-refractivity contribution in [3.8, 4) is 5.75 Å². The van der Waals surface area contributed by atoms with E-state index in [4.69, 9.17) is 10.5 Å². The predicted octanol–water partition coefficient (Wildman–Crippen LogP) is 1.67. The zero-order valence-corrected chi connectivity index (χ0v) is 11.6. The van der Waals surface area contributed by atoms with Crippen LogP contribution >= 0.6 is 0 Å². The molecule has 0 saturated heterocycles. The van der Waals surface area contributed by atoms with Crippen LogP contribution in [0.15, 0.2) is 30.6 Å². The van der Waals surface area contributed by atoms with Crippen LogP contribution in [0.25, 0.3) is 0 Å². The minimum Gasteiger partial charge on any atom is -0.495 e. The van der Waals surface area contributed by atoms with Gasteiger partial charge in [0.15, 0.2) is 0 Å². The third-order valence-electron chi connectivity index (χ3n) is 2.93. The summed E-state index contributed by atoms with van der Waals surface area (Å²) in [5, 5.41) is 2.80. The Bertz CT molecular complexity index is 607. The van der Waals surface area contributed by atoms with Gasteiger partial charge in [0.25, 0.3) is 0 Å². The molecule has 0 aliphatic heterocycles. The molecular formula is C14H18N4O2. The molecule has 1 aromatic heterocycles. The molecule has 1 heterocycles. The van der Waals surface area contributed by atoms with Crippen LogP contribution in [-0.2, 0) is 17.8 Å². The van der Waals surface area contributed by atoms with Crippen molar-refractivity contribution in [1.82, 2.24) is 9.55 Å². The summed E-state index contributed by atoms with van der Waals surface area (Å²) in [4.78, 5) is 16.3. The monoisotopic (exact) mass is 274 g/mol. The highest BCUT2D eigenvalue weighted by molar-refractivity contribution is 5.92. The Morgan fingerprint density at radius 2 is 2.30 bits per heavy atom. The summed E-state index contributed by atoms with van der Waals surface area (Å²) in [6.45, 7) is 2.21. The van der Waals surface area contributed by atoms with Gasteiger partial charge in [0, 0.05) is 24.5 Å². The summed E-state index contributed by atoms with van der Waals surface area (Å²) in [6.07, 6.45) is 4.25. The Kier molecular flexibility index (Phi) is 4.24. The molecule has 0 saturated carbocycles. The van der Waals surface area contributed by atoms with Crippen molar-refractivity contribution in [2.75, 3.05) is 18.2 Å². The number of anilines is 2. The first-order valence-corrected chi connectivity index (χ1v) is 6.37.